The average molecular weight is 397 g/mol. The summed E-state index contributed by atoms with van der Waals surface area (Å²) in [5, 5.41) is 17.4. The number of hydrogen-bond acceptors (Lipinski definition) is 6. The normalized spacial score (nSPS) is 14.8. The lowest BCUT2D eigenvalue weighted by atomic mass is 10.2. The Kier molecular flexibility index (Phi) is 4.26. The van der Waals surface area contributed by atoms with E-state index in [9.17, 15) is 10.1 Å². The maximum absolute atomic E-state index is 12.9. The quantitative estimate of drug-likeness (QED) is 0.570. The van der Waals surface area contributed by atoms with E-state index in [4.69, 9.17) is 9.47 Å². The summed E-state index contributed by atoms with van der Waals surface area (Å²) in [5.74, 6) is 1.35. The number of fused-ring (bicyclic) bond motifs is 2. The number of amides is 1. The number of rotatable bonds is 3. The summed E-state index contributed by atoms with van der Waals surface area (Å²) in [5.41, 5.74) is 0.998. The monoisotopic (exact) mass is 397 g/mol. The number of carbonyl (C=O) groups is 1. The van der Waals surface area contributed by atoms with Gasteiger partial charge < -0.3 is 14.8 Å². The maximum atomic E-state index is 12.9. The molecule has 146 valence electrons. The smallest absolute Gasteiger partial charge is 0.270 e. The van der Waals surface area contributed by atoms with Crippen molar-refractivity contribution in [1.82, 2.24) is 14.8 Å². The van der Waals surface area contributed by atoms with Crippen LogP contribution in [-0.4, -0.2) is 33.4 Å². The van der Waals surface area contributed by atoms with Crippen molar-refractivity contribution >= 4 is 22.6 Å². The fourth-order valence-electron chi connectivity index (χ4n) is 3.24. The van der Waals surface area contributed by atoms with Gasteiger partial charge in [0.25, 0.3) is 5.91 Å². The molecule has 1 atom stereocenters. The molecule has 2 aromatic heterocycles. The fraction of sp³-hybridized carbons (Fsp3) is 0.0909. The highest BCUT2D eigenvalue weighted by atomic mass is 16.6. The van der Waals surface area contributed by atoms with E-state index < -0.39 is 12.0 Å². The van der Waals surface area contributed by atoms with Gasteiger partial charge in [0.15, 0.2) is 23.1 Å². The average Bonchev–Trinajstić information content (AvgIpc) is 3.20. The number of nitriles is 1. The zero-order valence-corrected chi connectivity index (χ0v) is 15.6. The molecule has 0 bridgehead atoms. The number of nitrogens with zero attached hydrogens (tertiary/aromatic N) is 4. The van der Waals surface area contributed by atoms with Gasteiger partial charge in [-0.2, -0.15) is 15.0 Å². The molecule has 1 aliphatic heterocycles. The molecule has 8 nitrogen and oxygen atoms in total. The molecule has 5 rings (SSSR count). The maximum Gasteiger partial charge on any atom is 0.270 e. The highest BCUT2D eigenvalue weighted by molar-refractivity contribution is 5.95. The molecule has 8 heteroatoms. The van der Waals surface area contributed by atoms with Crippen LogP contribution < -0.4 is 14.8 Å². The van der Waals surface area contributed by atoms with Crippen molar-refractivity contribution < 1.29 is 14.3 Å². The van der Waals surface area contributed by atoms with Crippen molar-refractivity contribution in [3.8, 4) is 23.4 Å². The zero-order chi connectivity index (χ0) is 20.5. The van der Waals surface area contributed by atoms with E-state index in [0.717, 1.165) is 10.9 Å². The molecule has 4 aromatic rings. The summed E-state index contributed by atoms with van der Waals surface area (Å²) >= 11 is 0. The highest BCUT2D eigenvalue weighted by Crippen LogP contribution is 2.31. The van der Waals surface area contributed by atoms with Crippen molar-refractivity contribution in [1.29, 1.82) is 5.26 Å². The van der Waals surface area contributed by atoms with E-state index in [1.165, 1.54) is 10.9 Å². The molecule has 1 unspecified atom stereocenters. The van der Waals surface area contributed by atoms with Crippen LogP contribution in [0.25, 0.3) is 16.7 Å². The van der Waals surface area contributed by atoms with Crippen LogP contribution in [0.2, 0.25) is 0 Å². The van der Waals surface area contributed by atoms with Gasteiger partial charge in [0.05, 0.1) is 11.7 Å². The second-order valence-corrected chi connectivity index (χ2v) is 6.65. The summed E-state index contributed by atoms with van der Waals surface area (Å²) < 4.78 is 12.8. The third kappa shape index (κ3) is 3.08. The first kappa shape index (κ1) is 17.7. The SMILES string of the molecule is N#Cc1cnn(-c2ccc3ccccc3n2)c1NC(=O)C1COc2ccccc2O1. The number of hydrogen-bond donors (Lipinski definition) is 1. The lowest BCUT2D eigenvalue weighted by molar-refractivity contribution is -0.125. The van der Waals surface area contributed by atoms with Crippen LogP contribution in [0.3, 0.4) is 0 Å². The number of pyridine rings is 1. The third-order valence-corrected chi connectivity index (χ3v) is 4.73. The Morgan fingerprint density at radius 3 is 2.77 bits per heavy atom. The summed E-state index contributed by atoms with van der Waals surface area (Å²) in [6, 6.07) is 20.5. The van der Waals surface area contributed by atoms with Crippen molar-refractivity contribution in [3.05, 3.63) is 72.4 Å². The summed E-state index contributed by atoms with van der Waals surface area (Å²) in [4.78, 5) is 17.4. The first-order valence-corrected chi connectivity index (χ1v) is 9.26. The number of para-hydroxylation sites is 3. The van der Waals surface area contributed by atoms with E-state index in [1.54, 1.807) is 24.3 Å². The minimum atomic E-state index is -0.862. The predicted octanol–water partition coefficient (Wildman–Crippen LogP) is 3.07. The third-order valence-electron chi connectivity index (χ3n) is 4.73. The second-order valence-electron chi connectivity index (χ2n) is 6.65. The number of benzene rings is 2. The topological polar surface area (TPSA) is 102 Å². The van der Waals surface area contributed by atoms with Gasteiger partial charge in [-0.15, -0.1) is 0 Å². The molecule has 0 saturated carbocycles. The van der Waals surface area contributed by atoms with Crippen LogP contribution in [-0.2, 0) is 4.79 Å². The summed E-state index contributed by atoms with van der Waals surface area (Å²) in [6.45, 7) is 0.0626. The number of aromatic nitrogens is 3. The van der Waals surface area contributed by atoms with Gasteiger partial charge >= 0.3 is 0 Å². The van der Waals surface area contributed by atoms with Gasteiger partial charge in [0.1, 0.15) is 18.2 Å². The van der Waals surface area contributed by atoms with Gasteiger partial charge in [-0.3, -0.25) is 4.79 Å². The standard InChI is InChI=1S/C22H15N5O3/c23-11-15-12-24-27(20-10-9-14-5-1-2-6-16(14)25-20)21(15)26-22(28)19-13-29-17-7-3-4-8-18(17)30-19/h1-10,12,19H,13H2,(H,26,28). The second kappa shape index (κ2) is 7.22. The number of ether oxygens (including phenoxy) is 2. The molecule has 3 heterocycles. The van der Waals surface area contributed by atoms with E-state index in [1.807, 2.05) is 42.5 Å². The molecule has 1 N–H and O–H groups in total. The largest absolute Gasteiger partial charge is 0.485 e. The Labute approximate surface area is 171 Å². The number of nitrogens with one attached hydrogen (secondary N) is 1. The van der Waals surface area contributed by atoms with Crippen molar-refractivity contribution in [3.63, 3.8) is 0 Å². The van der Waals surface area contributed by atoms with Gasteiger partial charge in [-0.1, -0.05) is 30.3 Å². The Bertz CT molecular complexity index is 1310. The van der Waals surface area contributed by atoms with Gasteiger partial charge in [0, 0.05) is 5.39 Å². The molecule has 1 aliphatic rings. The lowest BCUT2D eigenvalue weighted by Crippen LogP contribution is -2.40. The predicted molar refractivity (Wildman–Crippen MR) is 109 cm³/mol. The Morgan fingerprint density at radius 2 is 1.90 bits per heavy atom. The molecule has 2 aromatic carbocycles. The van der Waals surface area contributed by atoms with Gasteiger partial charge in [-0.25, -0.2) is 4.98 Å². The molecule has 30 heavy (non-hydrogen) atoms. The molecule has 0 radical (unpaired) electrons. The minimum Gasteiger partial charge on any atom is -0.485 e. The van der Waals surface area contributed by atoms with Crippen LogP contribution in [0.15, 0.2) is 66.9 Å². The van der Waals surface area contributed by atoms with Gasteiger partial charge in [0.2, 0.25) is 6.10 Å². The first-order valence-electron chi connectivity index (χ1n) is 9.26. The Balaban J connectivity index is 1.45. The van der Waals surface area contributed by atoms with E-state index in [-0.39, 0.29) is 18.0 Å². The fourth-order valence-corrected chi connectivity index (χ4v) is 3.24. The molecule has 0 spiro atoms. The number of carbonyl (C=O) groups excluding carboxylic acids is 1. The van der Waals surface area contributed by atoms with Crippen molar-refractivity contribution in [2.75, 3.05) is 11.9 Å². The van der Waals surface area contributed by atoms with Gasteiger partial charge in [-0.05, 0) is 30.3 Å². The minimum absolute atomic E-state index is 0.0626. The van der Waals surface area contributed by atoms with Crippen molar-refractivity contribution in [2.45, 2.75) is 6.10 Å². The van der Waals surface area contributed by atoms with Crippen molar-refractivity contribution in [2.24, 2.45) is 0 Å². The first-order chi connectivity index (χ1) is 14.7. The van der Waals surface area contributed by atoms with Crippen LogP contribution in [0.4, 0.5) is 5.82 Å². The molecule has 0 aliphatic carbocycles. The van der Waals surface area contributed by atoms with E-state index in [0.29, 0.717) is 17.3 Å². The lowest BCUT2D eigenvalue weighted by Gasteiger charge is -2.25. The van der Waals surface area contributed by atoms with Crippen LogP contribution >= 0.6 is 0 Å². The van der Waals surface area contributed by atoms with Crippen LogP contribution in [0.5, 0.6) is 11.5 Å². The van der Waals surface area contributed by atoms with Crippen LogP contribution in [0.1, 0.15) is 5.56 Å². The summed E-state index contributed by atoms with van der Waals surface area (Å²) in [7, 11) is 0. The van der Waals surface area contributed by atoms with E-state index in [2.05, 4.69) is 15.4 Å². The molecule has 0 saturated heterocycles. The molecular weight excluding hydrogens is 382 g/mol. The van der Waals surface area contributed by atoms with E-state index >= 15 is 0 Å². The Hall–Kier alpha value is -4.38. The highest BCUT2D eigenvalue weighted by Gasteiger charge is 2.29. The number of anilines is 1. The molecular formula is C22H15N5O3. The zero-order valence-electron chi connectivity index (χ0n) is 15.6. The molecule has 1 amide bonds. The van der Waals surface area contributed by atoms with Crippen LogP contribution in [0, 0.1) is 11.3 Å². The molecule has 0 fully saturated rings. The summed E-state index contributed by atoms with van der Waals surface area (Å²) in [6.07, 6.45) is 0.527. The Morgan fingerprint density at radius 1 is 1.10 bits per heavy atom.